The van der Waals surface area contributed by atoms with E-state index in [2.05, 4.69) is 10.2 Å². The molecule has 0 spiro atoms. The third-order valence-electron chi connectivity index (χ3n) is 2.26. The molecule has 0 saturated carbocycles. The summed E-state index contributed by atoms with van der Waals surface area (Å²) in [6, 6.07) is 0. The molecule has 5 nitrogen and oxygen atoms in total. The molecular weight excluding hydrogens is 214 g/mol. The van der Waals surface area contributed by atoms with Crippen LogP contribution in [0.4, 0.5) is 0 Å². The lowest BCUT2D eigenvalue weighted by molar-refractivity contribution is -0.138. The molecule has 0 atom stereocenters. The number of nitrogens with zero attached hydrogens (tertiary/aromatic N) is 3. The highest BCUT2D eigenvalue weighted by molar-refractivity contribution is 8.00. The molecule has 0 amide bonds. The predicted octanol–water partition coefficient (Wildman–Crippen LogP) is 1.22. The lowest BCUT2D eigenvalue weighted by Gasteiger charge is -2.17. The van der Waals surface area contributed by atoms with Crippen LogP contribution in [0.3, 0.4) is 0 Å². The summed E-state index contributed by atoms with van der Waals surface area (Å²) < 4.78 is 1.07. The largest absolute Gasteiger partial charge is 0.480 e. The van der Waals surface area contributed by atoms with Crippen molar-refractivity contribution in [3.8, 4) is 0 Å². The van der Waals surface area contributed by atoms with Gasteiger partial charge in [0, 0.05) is 7.05 Å². The van der Waals surface area contributed by atoms with Crippen molar-refractivity contribution in [2.24, 2.45) is 7.05 Å². The number of hydrogen-bond donors (Lipinski definition) is 1. The standard InChI is InChI=1S/C9H15N3O2S/c1-6-10-11-7(12(6)4)5-15-9(2,3)8(13)14/h5H2,1-4H3,(H,13,14). The topological polar surface area (TPSA) is 68.0 Å². The molecule has 0 aromatic carbocycles. The van der Waals surface area contributed by atoms with E-state index in [-0.39, 0.29) is 0 Å². The molecule has 1 rings (SSSR count). The lowest BCUT2D eigenvalue weighted by Crippen LogP contribution is -2.27. The van der Waals surface area contributed by atoms with Crippen LogP contribution in [0.25, 0.3) is 0 Å². The first-order valence-electron chi connectivity index (χ1n) is 4.57. The quantitative estimate of drug-likeness (QED) is 0.840. The maximum Gasteiger partial charge on any atom is 0.319 e. The molecule has 1 N–H and O–H groups in total. The highest BCUT2D eigenvalue weighted by atomic mass is 32.2. The van der Waals surface area contributed by atoms with Gasteiger partial charge < -0.3 is 9.67 Å². The van der Waals surface area contributed by atoms with Crippen LogP contribution >= 0.6 is 11.8 Å². The van der Waals surface area contributed by atoms with Crippen LogP contribution in [-0.2, 0) is 17.6 Å². The molecule has 1 aromatic rings. The van der Waals surface area contributed by atoms with E-state index in [0.717, 1.165) is 11.6 Å². The summed E-state index contributed by atoms with van der Waals surface area (Å²) >= 11 is 1.34. The van der Waals surface area contributed by atoms with E-state index in [4.69, 9.17) is 5.11 Å². The predicted molar refractivity (Wildman–Crippen MR) is 58.7 cm³/mol. The summed E-state index contributed by atoms with van der Waals surface area (Å²) in [5, 5.41) is 16.8. The van der Waals surface area contributed by atoms with E-state index >= 15 is 0 Å². The number of aliphatic carboxylic acids is 1. The second kappa shape index (κ2) is 4.22. The van der Waals surface area contributed by atoms with E-state index in [1.54, 1.807) is 13.8 Å². The van der Waals surface area contributed by atoms with Crippen LogP contribution in [0.15, 0.2) is 0 Å². The van der Waals surface area contributed by atoms with Crippen LogP contribution in [0.1, 0.15) is 25.5 Å². The number of thioether (sulfide) groups is 1. The van der Waals surface area contributed by atoms with Gasteiger partial charge in [0.05, 0.1) is 5.75 Å². The number of carboxylic acid groups (broad SMARTS) is 1. The average molecular weight is 229 g/mol. The SMILES string of the molecule is Cc1nnc(CSC(C)(C)C(=O)O)n1C. The summed E-state index contributed by atoms with van der Waals surface area (Å²) in [5.74, 6) is 1.37. The number of carbonyl (C=O) groups is 1. The van der Waals surface area contributed by atoms with E-state index < -0.39 is 10.7 Å². The Morgan fingerprint density at radius 3 is 2.53 bits per heavy atom. The second-order valence-electron chi connectivity index (χ2n) is 3.83. The molecule has 6 heteroatoms. The monoisotopic (exact) mass is 229 g/mol. The molecule has 0 saturated heterocycles. The molecule has 0 aliphatic heterocycles. The van der Waals surface area contributed by atoms with Gasteiger partial charge in [-0.25, -0.2) is 0 Å². The van der Waals surface area contributed by atoms with Gasteiger partial charge in [-0.05, 0) is 20.8 Å². The smallest absolute Gasteiger partial charge is 0.319 e. The van der Waals surface area contributed by atoms with Crippen molar-refractivity contribution < 1.29 is 9.90 Å². The van der Waals surface area contributed by atoms with E-state index in [1.165, 1.54) is 11.8 Å². The Kier molecular flexibility index (Phi) is 3.38. The van der Waals surface area contributed by atoms with Crippen LogP contribution in [0.2, 0.25) is 0 Å². The number of rotatable bonds is 4. The Hall–Kier alpha value is -1.04. The summed E-state index contributed by atoms with van der Waals surface area (Å²) in [5.41, 5.74) is 0. The van der Waals surface area contributed by atoms with E-state index in [9.17, 15) is 4.79 Å². The molecule has 1 heterocycles. The van der Waals surface area contributed by atoms with Gasteiger partial charge in [-0.2, -0.15) is 0 Å². The summed E-state index contributed by atoms with van der Waals surface area (Å²) in [6.45, 7) is 5.23. The van der Waals surface area contributed by atoms with Crippen molar-refractivity contribution >= 4 is 17.7 Å². The van der Waals surface area contributed by atoms with Crippen LogP contribution in [0, 0.1) is 6.92 Å². The van der Waals surface area contributed by atoms with Crippen LogP contribution in [-0.4, -0.2) is 30.6 Å². The first-order valence-corrected chi connectivity index (χ1v) is 5.55. The molecule has 0 radical (unpaired) electrons. The third kappa shape index (κ3) is 2.71. The van der Waals surface area contributed by atoms with Gasteiger partial charge in [-0.15, -0.1) is 22.0 Å². The first-order chi connectivity index (χ1) is 6.84. The maximum atomic E-state index is 10.9. The van der Waals surface area contributed by atoms with E-state index in [1.807, 2.05) is 18.5 Å². The van der Waals surface area contributed by atoms with Crippen molar-refractivity contribution in [2.75, 3.05) is 0 Å². The van der Waals surface area contributed by atoms with Crippen LogP contribution in [0.5, 0.6) is 0 Å². The highest BCUT2D eigenvalue weighted by Crippen LogP contribution is 2.27. The Bertz CT molecular complexity index is 373. The minimum absolute atomic E-state index is 0.552. The fourth-order valence-corrected chi connectivity index (χ4v) is 1.75. The fraction of sp³-hybridized carbons (Fsp3) is 0.667. The number of carboxylic acids is 1. The molecule has 15 heavy (non-hydrogen) atoms. The first kappa shape index (κ1) is 12.0. The van der Waals surface area contributed by atoms with E-state index in [0.29, 0.717) is 5.75 Å². The zero-order valence-electron chi connectivity index (χ0n) is 9.31. The maximum absolute atomic E-state index is 10.9. The van der Waals surface area contributed by atoms with Crippen molar-refractivity contribution in [3.05, 3.63) is 11.6 Å². The minimum atomic E-state index is -0.814. The number of aryl methyl sites for hydroxylation is 1. The highest BCUT2D eigenvalue weighted by Gasteiger charge is 2.28. The van der Waals surface area contributed by atoms with Crippen molar-refractivity contribution in [3.63, 3.8) is 0 Å². The van der Waals surface area contributed by atoms with Crippen LogP contribution < -0.4 is 0 Å². The Morgan fingerprint density at radius 1 is 1.53 bits per heavy atom. The summed E-state index contributed by atoms with van der Waals surface area (Å²) in [6.07, 6.45) is 0. The van der Waals surface area contributed by atoms with Gasteiger partial charge in [-0.1, -0.05) is 0 Å². The van der Waals surface area contributed by atoms with Gasteiger partial charge in [0.25, 0.3) is 0 Å². The molecule has 0 unspecified atom stereocenters. The molecule has 1 aromatic heterocycles. The normalized spacial score (nSPS) is 11.7. The van der Waals surface area contributed by atoms with Gasteiger partial charge in [0.1, 0.15) is 16.4 Å². The Morgan fingerprint density at radius 2 is 2.13 bits per heavy atom. The Balaban J connectivity index is 2.65. The number of hydrogen-bond acceptors (Lipinski definition) is 4. The molecule has 0 aliphatic rings. The average Bonchev–Trinajstić information content (AvgIpc) is 2.45. The molecule has 0 aliphatic carbocycles. The zero-order valence-corrected chi connectivity index (χ0v) is 10.1. The van der Waals surface area contributed by atoms with Gasteiger partial charge >= 0.3 is 5.97 Å². The molecule has 0 fully saturated rings. The second-order valence-corrected chi connectivity index (χ2v) is 5.42. The van der Waals surface area contributed by atoms with Crippen molar-refractivity contribution in [1.82, 2.24) is 14.8 Å². The molecule has 0 bridgehead atoms. The molecular formula is C9H15N3O2S. The zero-order chi connectivity index (χ0) is 11.6. The fourth-order valence-electron chi connectivity index (χ4n) is 0.883. The minimum Gasteiger partial charge on any atom is -0.480 e. The molecule has 84 valence electrons. The van der Waals surface area contributed by atoms with Crippen molar-refractivity contribution in [1.29, 1.82) is 0 Å². The lowest BCUT2D eigenvalue weighted by atomic mass is 10.2. The van der Waals surface area contributed by atoms with Gasteiger partial charge in [0.2, 0.25) is 0 Å². The summed E-state index contributed by atoms with van der Waals surface area (Å²) in [4.78, 5) is 10.9. The number of aromatic nitrogens is 3. The van der Waals surface area contributed by atoms with Gasteiger partial charge in [0.15, 0.2) is 0 Å². The third-order valence-corrected chi connectivity index (χ3v) is 3.56. The summed E-state index contributed by atoms with van der Waals surface area (Å²) in [7, 11) is 1.87. The van der Waals surface area contributed by atoms with Crippen molar-refractivity contribution in [2.45, 2.75) is 31.3 Å². The van der Waals surface area contributed by atoms with Gasteiger partial charge in [-0.3, -0.25) is 4.79 Å². The Labute approximate surface area is 92.9 Å².